The maximum absolute atomic E-state index is 11.5. The predicted octanol–water partition coefficient (Wildman–Crippen LogP) is 0.584. The average molecular weight is 310 g/mol. The van der Waals surface area contributed by atoms with Crippen LogP contribution in [0.4, 0.5) is 0 Å². The van der Waals surface area contributed by atoms with Crippen molar-refractivity contribution >= 4 is 23.5 Å². The number of carboxylic acids is 1. The van der Waals surface area contributed by atoms with E-state index in [4.69, 9.17) is 16.7 Å². The van der Waals surface area contributed by atoms with E-state index in [1.165, 1.54) is 0 Å². The van der Waals surface area contributed by atoms with Gasteiger partial charge in [0.15, 0.2) is 0 Å². The molecule has 0 saturated heterocycles. The van der Waals surface area contributed by atoms with Gasteiger partial charge in [0, 0.05) is 17.1 Å². The Labute approximate surface area is 124 Å². The highest BCUT2D eigenvalue weighted by Gasteiger charge is 2.09. The molecule has 0 radical (unpaired) electrons. The van der Waals surface area contributed by atoms with Crippen LogP contribution in [0.3, 0.4) is 0 Å². The topological polar surface area (TPSA) is 110 Å². The van der Waals surface area contributed by atoms with Gasteiger partial charge in [0.05, 0.1) is 6.42 Å². The first-order valence-electron chi connectivity index (χ1n) is 6.07. The summed E-state index contributed by atoms with van der Waals surface area (Å²) in [5.41, 5.74) is 0.733. The van der Waals surface area contributed by atoms with Crippen LogP contribution < -0.4 is 5.32 Å². The number of aromatic nitrogens is 4. The fraction of sp³-hybridized carbons (Fsp3) is 0.250. The maximum atomic E-state index is 11.5. The summed E-state index contributed by atoms with van der Waals surface area (Å²) >= 11 is 5.79. The third kappa shape index (κ3) is 4.53. The van der Waals surface area contributed by atoms with Gasteiger partial charge in [-0.25, -0.2) is 0 Å². The van der Waals surface area contributed by atoms with Crippen LogP contribution in [0.15, 0.2) is 24.3 Å². The highest BCUT2D eigenvalue weighted by molar-refractivity contribution is 6.30. The Kier molecular flexibility index (Phi) is 4.83. The third-order valence-electron chi connectivity index (χ3n) is 2.50. The molecule has 0 aliphatic rings. The van der Waals surface area contributed by atoms with E-state index < -0.39 is 5.97 Å². The van der Waals surface area contributed by atoms with Gasteiger partial charge in [0.2, 0.25) is 11.7 Å². The molecule has 0 fully saturated rings. The molecule has 1 aromatic carbocycles. The van der Waals surface area contributed by atoms with Crippen molar-refractivity contribution in [3.63, 3.8) is 0 Å². The van der Waals surface area contributed by atoms with Crippen LogP contribution in [-0.4, -0.2) is 43.7 Å². The Morgan fingerprint density at radius 1 is 1.29 bits per heavy atom. The number of tetrazole rings is 1. The summed E-state index contributed by atoms with van der Waals surface area (Å²) < 4.78 is 0. The van der Waals surface area contributed by atoms with Crippen LogP contribution >= 0.6 is 11.6 Å². The standard InChI is InChI=1S/C12H12ClN5O3/c13-9-3-1-8(2-4-9)12-15-17-18(16-12)7-10(19)14-6-5-11(20)21/h1-4H,5-7H2,(H,14,19)(H,20,21). The summed E-state index contributed by atoms with van der Waals surface area (Å²) in [4.78, 5) is 23.0. The number of nitrogens with one attached hydrogen (secondary N) is 1. The van der Waals surface area contributed by atoms with Crippen molar-refractivity contribution in [2.45, 2.75) is 13.0 Å². The molecule has 8 nitrogen and oxygen atoms in total. The SMILES string of the molecule is O=C(O)CCNC(=O)Cn1nnc(-c2ccc(Cl)cc2)n1. The molecule has 0 atom stereocenters. The maximum Gasteiger partial charge on any atom is 0.305 e. The summed E-state index contributed by atoms with van der Waals surface area (Å²) in [6.07, 6.45) is -0.132. The quantitative estimate of drug-likeness (QED) is 0.808. The highest BCUT2D eigenvalue weighted by atomic mass is 35.5. The van der Waals surface area contributed by atoms with Gasteiger partial charge >= 0.3 is 5.97 Å². The molecule has 1 amide bonds. The first-order valence-corrected chi connectivity index (χ1v) is 6.44. The molecule has 0 saturated carbocycles. The van der Waals surface area contributed by atoms with E-state index in [2.05, 4.69) is 20.7 Å². The molecular weight excluding hydrogens is 298 g/mol. The minimum Gasteiger partial charge on any atom is -0.481 e. The third-order valence-corrected chi connectivity index (χ3v) is 2.75. The van der Waals surface area contributed by atoms with Crippen molar-refractivity contribution in [1.82, 2.24) is 25.5 Å². The number of halogens is 1. The van der Waals surface area contributed by atoms with Crippen molar-refractivity contribution in [1.29, 1.82) is 0 Å². The second kappa shape index (κ2) is 6.80. The summed E-state index contributed by atoms with van der Waals surface area (Å²) in [5, 5.41) is 23.2. The zero-order chi connectivity index (χ0) is 15.2. The molecule has 1 heterocycles. The first kappa shape index (κ1) is 14.9. The number of nitrogens with zero attached hydrogens (tertiary/aromatic N) is 4. The fourth-order valence-electron chi connectivity index (χ4n) is 1.52. The Balaban J connectivity index is 1.92. The van der Waals surface area contributed by atoms with Crippen molar-refractivity contribution in [3.05, 3.63) is 29.3 Å². The molecule has 21 heavy (non-hydrogen) atoms. The number of amides is 1. The molecule has 1 aromatic heterocycles. The molecule has 2 rings (SSSR count). The van der Waals surface area contributed by atoms with Crippen LogP contribution in [0.1, 0.15) is 6.42 Å². The first-order chi connectivity index (χ1) is 10.0. The smallest absolute Gasteiger partial charge is 0.305 e. The lowest BCUT2D eigenvalue weighted by Crippen LogP contribution is -2.30. The van der Waals surface area contributed by atoms with E-state index in [0.29, 0.717) is 10.8 Å². The number of carboxylic acid groups (broad SMARTS) is 1. The molecule has 0 aliphatic heterocycles. The lowest BCUT2D eigenvalue weighted by atomic mass is 10.2. The van der Waals surface area contributed by atoms with Crippen molar-refractivity contribution in [2.24, 2.45) is 0 Å². The zero-order valence-corrected chi connectivity index (χ0v) is 11.6. The molecule has 0 unspecified atom stereocenters. The summed E-state index contributed by atoms with van der Waals surface area (Å²) in [7, 11) is 0. The Morgan fingerprint density at radius 3 is 2.67 bits per heavy atom. The summed E-state index contributed by atoms with van der Waals surface area (Å²) in [5.74, 6) is -0.972. The van der Waals surface area contributed by atoms with Gasteiger partial charge in [-0.3, -0.25) is 9.59 Å². The molecule has 9 heteroatoms. The lowest BCUT2D eigenvalue weighted by molar-refractivity contribution is -0.136. The van der Waals surface area contributed by atoms with Gasteiger partial charge in [-0.05, 0) is 29.5 Å². The molecule has 110 valence electrons. The van der Waals surface area contributed by atoms with Gasteiger partial charge < -0.3 is 10.4 Å². The van der Waals surface area contributed by atoms with E-state index in [-0.39, 0.29) is 25.4 Å². The monoisotopic (exact) mass is 309 g/mol. The molecule has 2 N–H and O–H groups in total. The number of carbonyl (C=O) groups excluding carboxylic acids is 1. The van der Waals surface area contributed by atoms with Crippen LogP contribution in [0, 0.1) is 0 Å². The average Bonchev–Trinajstić information content (AvgIpc) is 2.87. The summed E-state index contributed by atoms with van der Waals surface area (Å²) in [6, 6.07) is 6.90. The number of hydrogen-bond acceptors (Lipinski definition) is 5. The second-order valence-corrected chi connectivity index (χ2v) is 4.58. The van der Waals surface area contributed by atoms with Gasteiger partial charge in [-0.15, -0.1) is 10.2 Å². The minimum absolute atomic E-state index is 0.0624. The molecule has 0 spiro atoms. The number of rotatable bonds is 6. The van der Waals surface area contributed by atoms with Crippen LogP contribution in [0.2, 0.25) is 5.02 Å². The Morgan fingerprint density at radius 2 is 2.00 bits per heavy atom. The van der Waals surface area contributed by atoms with Crippen molar-refractivity contribution < 1.29 is 14.7 Å². The normalized spacial score (nSPS) is 10.3. The largest absolute Gasteiger partial charge is 0.481 e. The van der Waals surface area contributed by atoms with E-state index in [9.17, 15) is 9.59 Å². The van der Waals surface area contributed by atoms with Gasteiger partial charge in [0.25, 0.3) is 0 Å². The second-order valence-electron chi connectivity index (χ2n) is 4.14. The minimum atomic E-state index is -0.973. The highest BCUT2D eigenvalue weighted by Crippen LogP contribution is 2.16. The zero-order valence-electron chi connectivity index (χ0n) is 10.9. The Bertz CT molecular complexity index is 641. The number of hydrogen-bond donors (Lipinski definition) is 2. The van der Waals surface area contributed by atoms with Crippen LogP contribution in [-0.2, 0) is 16.1 Å². The molecule has 0 aliphatic carbocycles. The lowest BCUT2D eigenvalue weighted by Gasteiger charge is -2.01. The molecule has 2 aromatic rings. The van der Waals surface area contributed by atoms with Crippen molar-refractivity contribution in [3.8, 4) is 11.4 Å². The number of aliphatic carboxylic acids is 1. The molecule has 0 bridgehead atoms. The van der Waals surface area contributed by atoms with E-state index in [1.54, 1.807) is 24.3 Å². The fourth-order valence-corrected chi connectivity index (χ4v) is 1.64. The number of carbonyl (C=O) groups is 2. The van der Waals surface area contributed by atoms with Crippen molar-refractivity contribution in [2.75, 3.05) is 6.54 Å². The van der Waals surface area contributed by atoms with Crippen LogP contribution in [0.25, 0.3) is 11.4 Å². The summed E-state index contributed by atoms with van der Waals surface area (Å²) in [6.45, 7) is -0.0624. The predicted molar refractivity (Wildman–Crippen MR) is 73.5 cm³/mol. The van der Waals surface area contributed by atoms with E-state index >= 15 is 0 Å². The van der Waals surface area contributed by atoms with E-state index in [0.717, 1.165) is 10.4 Å². The molecular formula is C12H12ClN5O3. The van der Waals surface area contributed by atoms with Gasteiger partial charge in [0.1, 0.15) is 6.54 Å². The number of benzene rings is 1. The van der Waals surface area contributed by atoms with Crippen LogP contribution in [0.5, 0.6) is 0 Å². The Hall–Kier alpha value is -2.48. The van der Waals surface area contributed by atoms with Gasteiger partial charge in [-0.2, -0.15) is 4.80 Å². The van der Waals surface area contributed by atoms with Gasteiger partial charge in [-0.1, -0.05) is 11.6 Å². The van der Waals surface area contributed by atoms with E-state index in [1.807, 2.05) is 0 Å².